The summed E-state index contributed by atoms with van der Waals surface area (Å²) in [5.41, 5.74) is 5.15. The molecule has 1 saturated heterocycles. The number of rotatable bonds is 0. The molecule has 1 aliphatic heterocycles. The van der Waals surface area contributed by atoms with Crippen LogP contribution in [-0.2, 0) is 9.47 Å². The van der Waals surface area contributed by atoms with E-state index >= 15 is 0 Å². The third kappa shape index (κ3) is 2.90. The normalized spacial score (nSPS) is 33.4. The van der Waals surface area contributed by atoms with Crippen LogP contribution in [-0.4, -0.2) is 47.9 Å². The van der Waals surface area contributed by atoms with Crippen LogP contribution in [0.4, 0.5) is 4.79 Å². The second kappa shape index (κ2) is 4.14. The highest BCUT2D eigenvalue weighted by atomic mass is 16.6. The fraction of sp³-hybridized carbons (Fsp3) is 0.917. The summed E-state index contributed by atoms with van der Waals surface area (Å²) in [6.07, 6.45) is 1.43. The average molecular weight is 242 g/mol. The number of nitrogens with two attached hydrogens (primary N) is 1. The zero-order chi connectivity index (χ0) is 12.7. The van der Waals surface area contributed by atoms with Gasteiger partial charge in [0.15, 0.2) is 0 Å². The number of carbonyl (C=O) groups is 1. The molecule has 0 aromatic rings. The number of nitrogens with zero attached hydrogens (tertiary/aromatic N) is 1. The van der Waals surface area contributed by atoms with Crippen LogP contribution in [0.5, 0.6) is 0 Å². The Kier molecular flexibility index (Phi) is 3.08. The number of amides is 1. The molecule has 1 aliphatic carbocycles. The zero-order valence-electron chi connectivity index (χ0n) is 10.9. The SMILES string of the molecule is CC(C)(C)OC(=O)N1CCOC2(CC(N)C2)C1. The third-order valence-electron chi connectivity index (χ3n) is 3.17. The van der Waals surface area contributed by atoms with Crippen molar-refractivity contribution in [3.63, 3.8) is 0 Å². The van der Waals surface area contributed by atoms with Crippen LogP contribution < -0.4 is 5.73 Å². The van der Waals surface area contributed by atoms with Crippen LogP contribution in [0.2, 0.25) is 0 Å². The standard InChI is InChI=1S/C12H22N2O3/c1-11(2,3)17-10(15)14-4-5-16-12(8-14)6-9(13)7-12/h9H,4-8,13H2,1-3H3. The predicted molar refractivity (Wildman–Crippen MR) is 63.7 cm³/mol. The fourth-order valence-corrected chi connectivity index (χ4v) is 2.47. The highest BCUT2D eigenvalue weighted by molar-refractivity contribution is 5.68. The fourth-order valence-electron chi connectivity index (χ4n) is 2.47. The molecule has 98 valence electrons. The van der Waals surface area contributed by atoms with E-state index in [0.29, 0.717) is 19.7 Å². The van der Waals surface area contributed by atoms with Gasteiger partial charge in [0.2, 0.25) is 0 Å². The van der Waals surface area contributed by atoms with Crippen molar-refractivity contribution in [2.45, 2.75) is 50.9 Å². The highest BCUT2D eigenvalue weighted by Crippen LogP contribution is 2.37. The molecular weight excluding hydrogens is 220 g/mol. The van der Waals surface area contributed by atoms with E-state index in [1.165, 1.54) is 0 Å². The summed E-state index contributed by atoms with van der Waals surface area (Å²) in [4.78, 5) is 13.7. The summed E-state index contributed by atoms with van der Waals surface area (Å²) in [6, 6.07) is 0.216. The van der Waals surface area contributed by atoms with Gasteiger partial charge in [-0.3, -0.25) is 0 Å². The lowest BCUT2D eigenvalue weighted by Crippen LogP contribution is -2.63. The molecule has 1 spiro atoms. The summed E-state index contributed by atoms with van der Waals surface area (Å²) in [7, 11) is 0. The zero-order valence-corrected chi connectivity index (χ0v) is 10.9. The third-order valence-corrected chi connectivity index (χ3v) is 3.17. The van der Waals surface area contributed by atoms with Crippen molar-refractivity contribution in [1.29, 1.82) is 0 Å². The van der Waals surface area contributed by atoms with Gasteiger partial charge in [0.05, 0.1) is 18.8 Å². The first-order valence-electron chi connectivity index (χ1n) is 6.17. The van der Waals surface area contributed by atoms with Gasteiger partial charge >= 0.3 is 6.09 Å². The van der Waals surface area contributed by atoms with Crippen LogP contribution in [0.3, 0.4) is 0 Å². The summed E-state index contributed by atoms with van der Waals surface area (Å²) in [5, 5.41) is 0. The summed E-state index contributed by atoms with van der Waals surface area (Å²) in [6.45, 7) is 7.41. The Labute approximate surface area is 102 Å². The van der Waals surface area contributed by atoms with E-state index < -0.39 is 5.60 Å². The smallest absolute Gasteiger partial charge is 0.410 e. The first-order chi connectivity index (χ1) is 7.80. The number of hydrogen-bond acceptors (Lipinski definition) is 4. The van der Waals surface area contributed by atoms with Crippen LogP contribution in [0.15, 0.2) is 0 Å². The Bertz CT molecular complexity index is 300. The first kappa shape index (κ1) is 12.6. The van der Waals surface area contributed by atoms with E-state index in [2.05, 4.69) is 0 Å². The van der Waals surface area contributed by atoms with Gasteiger partial charge in [-0.2, -0.15) is 0 Å². The number of carbonyl (C=O) groups excluding carboxylic acids is 1. The van der Waals surface area contributed by atoms with E-state index in [4.69, 9.17) is 15.2 Å². The van der Waals surface area contributed by atoms with Crippen molar-refractivity contribution in [2.24, 2.45) is 5.73 Å². The molecule has 2 aliphatic rings. The number of hydrogen-bond donors (Lipinski definition) is 1. The van der Waals surface area contributed by atoms with Gasteiger partial charge in [-0.05, 0) is 33.6 Å². The molecule has 2 fully saturated rings. The average Bonchev–Trinajstić information content (AvgIpc) is 2.13. The minimum Gasteiger partial charge on any atom is -0.444 e. The quantitative estimate of drug-likeness (QED) is 0.691. The first-order valence-corrected chi connectivity index (χ1v) is 6.17. The molecule has 5 heteroatoms. The van der Waals surface area contributed by atoms with Gasteiger partial charge in [-0.1, -0.05) is 0 Å². The van der Waals surface area contributed by atoms with Gasteiger partial charge < -0.3 is 20.1 Å². The van der Waals surface area contributed by atoms with Gasteiger partial charge in [-0.15, -0.1) is 0 Å². The lowest BCUT2D eigenvalue weighted by Gasteiger charge is -2.51. The minimum atomic E-state index is -0.446. The Hall–Kier alpha value is -0.810. The largest absolute Gasteiger partial charge is 0.444 e. The second-order valence-corrected chi connectivity index (χ2v) is 6.10. The second-order valence-electron chi connectivity index (χ2n) is 6.10. The van der Waals surface area contributed by atoms with E-state index in [1.54, 1.807) is 4.90 Å². The van der Waals surface area contributed by atoms with Crippen molar-refractivity contribution in [3.8, 4) is 0 Å². The number of morpholine rings is 1. The maximum Gasteiger partial charge on any atom is 0.410 e. The maximum absolute atomic E-state index is 11.9. The number of ether oxygens (including phenoxy) is 2. The van der Waals surface area contributed by atoms with Gasteiger partial charge in [-0.25, -0.2) is 4.79 Å². The van der Waals surface area contributed by atoms with Crippen LogP contribution in [0, 0.1) is 0 Å². The topological polar surface area (TPSA) is 64.8 Å². The Morgan fingerprint density at radius 1 is 1.47 bits per heavy atom. The molecule has 0 aromatic heterocycles. The summed E-state index contributed by atoms with van der Waals surface area (Å²) in [5.74, 6) is 0. The predicted octanol–water partition coefficient (Wildman–Crippen LogP) is 1.11. The van der Waals surface area contributed by atoms with E-state index in [1.807, 2.05) is 20.8 Å². The molecule has 0 atom stereocenters. The highest BCUT2D eigenvalue weighted by Gasteiger charge is 2.48. The molecule has 2 N–H and O–H groups in total. The molecule has 0 bridgehead atoms. The Morgan fingerprint density at radius 3 is 2.65 bits per heavy atom. The van der Waals surface area contributed by atoms with Crippen molar-refractivity contribution in [3.05, 3.63) is 0 Å². The minimum absolute atomic E-state index is 0.200. The van der Waals surface area contributed by atoms with Crippen molar-refractivity contribution in [1.82, 2.24) is 4.90 Å². The maximum atomic E-state index is 11.9. The van der Waals surface area contributed by atoms with Gasteiger partial charge in [0.25, 0.3) is 0 Å². The van der Waals surface area contributed by atoms with Crippen LogP contribution >= 0.6 is 0 Å². The molecule has 1 amide bonds. The van der Waals surface area contributed by atoms with Crippen molar-refractivity contribution >= 4 is 6.09 Å². The van der Waals surface area contributed by atoms with E-state index in [0.717, 1.165) is 12.8 Å². The van der Waals surface area contributed by atoms with Crippen LogP contribution in [0.25, 0.3) is 0 Å². The lowest BCUT2D eigenvalue weighted by atomic mass is 9.75. The van der Waals surface area contributed by atoms with Gasteiger partial charge in [0.1, 0.15) is 5.60 Å². The molecular formula is C12H22N2O3. The molecule has 1 heterocycles. The Morgan fingerprint density at radius 2 is 2.12 bits per heavy atom. The molecule has 1 saturated carbocycles. The summed E-state index contributed by atoms with van der Waals surface area (Å²) < 4.78 is 11.1. The summed E-state index contributed by atoms with van der Waals surface area (Å²) >= 11 is 0. The van der Waals surface area contributed by atoms with Gasteiger partial charge in [0, 0.05) is 12.6 Å². The molecule has 0 radical (unpaired) electrons. The Balaban J connectivity index is 1.91. The molecule has 0 aromatic carbocycles. The van der Waals surface area contributed by atoms with E-state index in [-0.39, 0.29) is 17.7 Å². The molecule has 2 rings (SSSR count). The lowest BCUT2D eigenvalue weighted by molar-refractivity contribution is -0.154. The molecule has 17 heavy (non-hydrogen) atoms. The molecule has 5 nitrogen and oxygen atoms in total. The van der Waals surface area contributed by atoms with Crippen LogP contribution in [0.1, 0.15) is 33.6 Å². The van der Waals surface area contributed by atoms with Crippen molar-refractivity contribution in [2.75, 3.05) is 19.7 Å². The monoisotopic (exact) mass is 242 g/mol. The van der Waals surface area contributed by atoms with Crippen molar-refractivity contribution < 1.29 is 14.3 Å². The van der Waals surface area contributed by atoms with E-state index in [9.17, 15) is 4.79 Å². The molecule has 0 unspecified atom stereocenters.